The van der Waals surface area contributed by atoms with E-state index in [1.807, 2.05) is 40.9 Å². The number of nitrogens with one attached hydrogen (secondary N) is 1. The number of carbonyl (C=O) groups excluding carboxylic acids is 1. The first-order valence-corrected chi connectivity index (χ1v) is 6.75. The second-order valence-corrected chi connectivity index (χ2v) is 4.58. The number of anilines is 1. The molecule has 6 nitrogen and oxygen atoms in total. The van der Waals surface area contributed by atoms with Crippen molar-refractivity contribution in [2.75, 3.05) is 19.0 Å². The Bertz CT molecular complexity index is 765. The number of rotatable bonds is 5. The van der Waals surface area contributed by atoms with Crippen molar-refractivity contribution >= 4 is 17.4 Å². The van der Waals surface area contributed by atoms with Crippen molar-refractivity contribution in [3.63, 3.8) is 0 Å². The third-order valence-electron chi connectivity index (χ3n) is 3.06. The Morgan fingerprint density at radius 1 is 1.18 bits per heavy atom. The molecule has 0 unspecified atom stereocenters. The monoisotopic (exact) mass is 297 g/mol. The zero-order chi connectivity index (χ0) is 15.4. The van der Waals surface area contributed by atoms with Crippen LogP contribution >= 0.6 is 0 Å². The summed E-state index contributed by atoms with van der Waals surface area (Å²) in [6.07, 6.45) is 3.61. The van der Waals surface area contributed by atoms with Crippen molar-refractivity contribution < 1.29 is 14.3 Å². The van der Waals surface area contributed by atoms with Crippen LogP contribution in [0.15, 0.2) is 54.9 Å². The number of hydrogen-bond acceptors (Lipinski definition) is 4. The molecule has 3 rings (SSSR count). The zero-order valence-corrected chi connectivity index (χ0v) is 12.0. The molecule has 1 aromatic carbocycles. The standard InChI is InChI=1S/C16H15N3O3/c1-21-12-6-2-3-7-13(12)22-11-16(20)18-14-10-19-9-5-4-8-15(19)17-14/h2-10H,11H2,1H3,(H,18,20). The molecule has 0 bridgehead atoms. The van der Waals surface area contributed by atoms with Gasteiger partial charge in [0.25, 0.3) is 5.91 Å². The van der Waals surface area contributed by atoms with Gasteiger partial charge in [0.2, 0.25) is 0 Å². The third-order valence-corrected chi connectivity index (χ3v) is 3.06. The van der Waals surface area contributed by atoms with Gasteiger partial charge in [0, 0.05) is 6.20 Å². The van der Waals surface area contributed by atoms with Gasteiger partial charge in [0.15, 0.2) is 23.9 Å². The van der Waals surface area contributed by atoms with Crippen molar-refractivity contribution in [3.05, 3.63) is 54.9 Å². The number of imidazole rings is 1. The molecule has 0 saturated heterocycles. The van der Waals surface area contributed by atoms with Crippen molar-refractivity contribution in [2.24, 2.45) is 0 Å². The average Bonchev–Trinajstić information content (AvgIpc) is 2.95. The lowest BCUT2D eigenvalue weighted by Gasteiger charge is -2.09. The van der Waals surface area contributed by atoms with Gasteiger partial charge < -0.3 is 19.2 Å². The molecule has 0 saturated carbocycles. The number of pyridine rings is 1. The van der Waals surface area contributed by atoms with E-state index in [1.165, 1.54) is 0 Å². The smallest absolute Gasteiger partial charge is 0.263 e. The fourth-order valence-corrected chi connectivity index (χ4v) is 2.06. The zero-order valence-electron chi connectivity index (χ0n) is 12.0. The Balaban J connectivity index is 1.62. The summed E-state index contributed by atoms with van der Waals surface area (Å²) in [7, 11) is 1.55. The third kappa shape index (κ3) is 3.01. The van der Waals surface area contributed by atoms with Gasteiger partial charge in [-0.05, 0) is 24.3 Å². The summed E-state index contributed by atoms with van der Waals surface area (Å²) in [6, 6.07) is 12.8. The van der Waals surface area contributed by atoms with Gasteiger partial charge in [-0.2, -0.15) is 0 Å². The van der Waals surface area contributed by atoms with Crippen LogP contribution in [0.3, 0.4) is 0 Å². The lowest BCUT2D eigenvalue weighted by atomic mass is 10.3. The van der Waals surface area contributed by atoms with E-state index >= 15 is 0 Å². The topological polar surface area (TPSA) is 64.9 Å². The number of amides is 1. The van der Waals surface area contributed by atoms with Crippen LogP contribution in [-0.2, 0) is 4.79 Å². The van der Waals surface area contributed by atoms with Gasteiger partial charge in [0.1, 0.15) is 5.65 Å². The summed E-state index contributed by atoms with van der Waals surface area (Å²) in [4.78, 5) is 16.2. The summed E-state index contributed by atoms with van der Waals surface area (Å²) in [6.45, 7) is -0.117. The number of hydrogen-bond donors (Lipinski definition) is 1. The minimum atomic E-state index is -0.283. The maximum Gasteiger partial charge on any atom is 0.263 e. The van der Waals surface area contributed by atoms with Gasteiger partial charge in [-0.15, -0.1) is 0 Å². The number of fused-ring (bicyclic) bond motifs is 1. The molecule has 0 aliphatic heterocycles. The molecule has 0 radical (unpaired) electrons. The van der Waals surface area contributed by atoms with E-state index in [1.54, 1.807) is 25.4 Å². The van der Waals surface area contributed by atoms with Gasteiger partial charge in [-0.3, -0.25) is 4.79 Å². The first-order chi connectivity index (χ1) is 10.8. The second kappa shape index (κ2) is 6.17. The average molecular weight is 297 g/mol. The lowest BCUT2D eigenvalue weighted by molar-refractivity contribution is -0.118. The number of methoxy groups -OCH3 is 1. The molecule has 3 aromatic rings. The molecule has 0 aliphatic carbocycles. The number of benzene rings is 1. The van der Waals surface area contributed by atoms with Crippen molar-refractivity contribution in [1.29, 1.82) is 0 Å². The van der Waals surface area contributed by atoms with Crippen LogP contribution in [0.1, 0.15) is 0 Å². The van der Waals surface area contributed by atoms with Crippen molar-refractivity contribution in [3.8, 4) is 11.5 Å². The lowest BCUT2D eigenvalue weighted by Crippen LogP contribution is -2.20. The number of ether oxygens (including phenoxy) is 2. The van der Waals surface area contributed by atoms with Gasteiger partial charge in [-0.1, -0.05) is 18.2 Å². The maximum absolute atomic E-state index is 11.9. The molecular weight excluding hydrogens is 282 g/mol. The molecule has 1 N–H and O–H groups in total. The van der Waals surface area contributed by atoms with Crippen molar-refractivity contribution in [2.45, 2.75) is 0 Å². The van der Waals surface area contributed by atoms with E-state index < -0.39 is 0 Å². The fourth-order valence-electron chi connectivity index (χ4n) is 2.06. The van der Waals surface area contributed by atoms with Gasteiger partial charge in [0.05, 0.1) is 13.3 Å². The van der Waals surface area contributed by atoms with E-state index in [2.05, 4.69) is 10.3 Å². The molecule has 0 atom stereocenters. The maximum atomic E-state index is 11.9. The summed E-state index contributed by atoms with van der Waals surface area (Å²) in [5.41, 5.74) is 0.767. The van der Waals surface area contributed by atoms with E-state index in [9.17, 15) is 4.79 Å². The first kappa shape index (κ1) is 13.9. The quantitative estimate of drug-likeness (QED) is 0.785. The van der Waals surface area contributed by atoms with Crippen LogP contribution < -0.4 is 14.8 Å². The van der Waals surface area contributed by atoms with E-state index in [0.29, 0.717) is 17.3 Å². The normalized spacial score (nSPS) is 10.4. The minimum Gasteiger partial charge on any atom is -0.493 e. The van der Waals surface area contributed by atoms with Crippen LogP contribution in [0.4, 0.5) is 5.82 Å². The van der Waals surface area contributed by atoms with Crippen LogP contribution in [-0.4, -0.2) is 29.0 Å². The molecule has 2 aromatic heterocycles. The predicted octanol–water partition coefficient (Wildman–Crippen LogP) is 2.36. The van der Waals surface area contributed by atoms with Gasteiger partial charge >= 0.3 is 0 Å². The van der Waals surface area contributed by atoms with Crippen LogP contribution in [0.2, 0.25) is 0 Å². The highest BCUT2D eigenvalue weighted by Crippen LogP contribution is 2.25. The number of carbonyl (C=O) groups is 1. The van der Waals surface area contributed by atoms with Crippen LogP contribution in [0.25, 0.3) is 5.65 Å². The number of para-hydroxylation sites is 2. The van der Waals surface area contributed by atoms with Crippen molar-refractivity contribution in [1.82, 2.24) is 9.38 Å². The SMILES string of the molecule is COc1ccccc1OCC(=O)Nc1cn2ccccc2n1. The predicted molar refractivity (Wildman–Crippen MR) is 82.3 cm³/mol. The molecule has 2 heterocycles. The Kier molecular flexibility index (Phi) is 3.91. The summed E-state index contributed by atoms with van der Waals surface area (Å²) >= 11 is 0. The second-order valence-electron chi connectivity index (χ2n) is 4.58. The summed E-state index contributed by atoms with van der Waals surface area (Å²) in [5.74, 6) is 1.31. The molecular formula is C16H15N3O3. The van der Waals surface area contributed by atoms with Gasteiger partial charge in [-0.25, -0.2) is 4.98 Å². The number of nitrogens with zero attached hydrogens (tertiary/aromatic N) is 2. The first-order valence-electron chi connectivity index (χ1n) is 6.75. The largest absolute Gasteiger partial charge is 0.493 e. The summed E-state index contributed by atoms with van der Waals surface area (Å²) in [5, 5.41) is 2.70. The molecule has 1 amide bonds. The molecule has 22 heavy (non-hydrogen) atoms. The molecule has 0 aliphatic rings. The Morgan fingerprint density at radius 2 is 1.95 bits per heavy atom. The fraction of sp³-hybridized carbons (Fsp3) is 0.125. The number of aromatic nitrogens is 2. The molecule has 6 heteroatoms. The molecule has 112 valence electrons. The van der Waals surface area contributed by atoms with E-state index in [0.717, 1.165) is 5.65 Å². The highest BCUT2D eigenvalue weighted by molar-refractivity contribution is 5.91. The molecule has 0 spiro atoms. The molecule has 0 fully saturated rings. The van der Waals surface area contributed by atoms with Crippen LogP contribution in [0, 0.1) is 0 Å². The minimum absolute atomic E-state index is 0.117. The summed E-state index contributed by atoms with van der Waals surface area (Å²) < 4.78 is 12.5. The Labute approximate surface area is 127 Å². The highest BCUT2D eigenvalue weighted by Gasteiger charge is 2.09. The Morgan fingerprint density at radius 3 is 2.73 bits per heavy atom. The van der Waals surface area contributed by atoms with E-state index in [4.69, 9.17) is 9.47 Å². The Hall–Kier alpha value is -3.02. The highest BCUT2D eigenvalue weighted by atomic mass is 16.5. The van der Waals surface area contributed by atoms with E-state index in [-0.39, 0.29) is 12.5 Å². The van der Waals surface area contributed by atoms with Crippen LogP contribution in [0.5, 0.6) is 11.5 Å².